The van der Waals surface area contributed by atoms with Gasteiger partial charge in [-0.1, -0.05) is 54.2 Å². The van der Waals surface area contributed by atoms with E-state index in [-0.39, 0.29) is 17.2 Å². The molecule has 3 aromatic rings. The van der Waals surface area contributed by atoms with E-state index in [1.807, 2.05) is 75.4 Å². The second kappa shape index (κ2) is 9.36. The lowest BCUT2D eigenvalue weighted by atomic mass is 10.1. The Morgan fingerprint density at radius 3 is 2.61 bits per heavy atom. The first-order chi connectivity index (χ1) is 13.6. The number of hydrogen-bond acceptors (Lipinski definition) is 6. The van der Waals surface area contributed by atoms with Gasteiger partial charge in [-0.05, 0) is 48.9 Å². The lowest BCUT2D eigenvalue weighted by Gasteiger charge is -2.17. The molecule has 2 atom stereocenters. The normalized spacial score (nSPS) is 13.0. The number of carbonyl (C=O) groups is 1. The number of nitrogens with zero attached hydrogens (tertiary/aromatic N) is 4. The monoisotopic (exact) mass is 397 g/mol. The molecule has 2 unspecified atom stereocenters. The van der Waals surface area contributed by atoms with Gasteiger partial charge in [0.05, 0.1) is 17.9 Å². The van der Waals surface area contributed by atoms with Gasteiger partial charge in [0, 0.05) is 0 Å². The molecule has 8 heteroatoms. The second-order valence-electron chi connectivity index (χ2n) is 6.18. The summed E-state index contributed by atoms with van der Waals surface area (Å²) in [7, 11) is 0. The smallest absolute Gasteiger partial charge is 0.233 e. The third-order valence-corrected chi connectivity index (χ3v) is 5.18. The zero-order chi connectivity index (χ0) is 19.9. The average molecular weight is 398 g/mol. The molecule has 0 aliphatic rings. The van der Waals surface area contributed by atoms with Gasteiger partial charge in [-0.15, -0.1) is 5.10 Å². The van der Waals surface area contributed by atoms with E-state index >= 15 is 0 Å². The average Bonchev–Trinajstić information content (AvgIpc) is 3.17. The van der Waals surface area contributed by atoms with E-state index in [0.717, 1.165) is 11.3 Å². The van der Waals surface area contributed by atoms with Crippen molar-refractivity contribution in [2.45, 2.75) is 37.2 Å². The van der Waals surface area contributed by atoms with Crippen molar-refractivity contribution >= 4 is 17.7 Å². The fourth-order valence-electron chi connectivity index (χ4n) is 2.68. The SMILES string of the molecule is CCOc1ccccc1-n1nnnc1SC(C)C(=O)NC(C)c1ccccc1. The molecule has 0 radical (unpaired) electrons. The van der Waals surface area contributed by atoms with E-state index in [1.165, 1.54) is 11.8 Å². The Kier molecular flexibility index (Phi) is 6.65. The van der Waals surface area contributed by atoms with Crippen molar-refractivity contribution in [3.8, 4) is 11.4 Å². The van der Waals surface area contributed by atoms with E-state index in [4.69, 9.17) is 4.74 Å². The van der Waals surface area contributed by atoms with Crippen molar-refractivity contribution in [1.29, 1.82) is 0 Å². The second-order valence-corrected chi connectivity index (χ2v) is 7.48. The van der Waals surface area contributed by atoms with Crippen LogP contribution in [0.25, 0.3) is 5.69 Å². The molecule has 0 bridgehead atoms. The maximum absolute atomic E-state index is 12.6. The van der Waals surface area contributed by atoms with Gasteiger partial charge >= 0.3 is 0 Å². The summed E-state index contributed by atoms with van der Waals surface area (Å²) in [5.74, 6) is 0.614. The predicted molar refractivity (Wildman–Crippen MR) is 109 cm³/mol. The van der Waals surface area contributed by atoms with Crippen molar-refractivity contribution in [3.63, 3.8) is 0 Å². The van der Waals surface area contributed by atoms with Crippen molar-refractivity contribution in [1.82, 2.24) is 25.5 Å². The molecule has 0 aliphatic heterocycles. The van der Waals surface area contributed by atoms with Crippen LogP contribution in [0, 0.1) is 0 Å². The van der Waals surface area contributed by atoms with E-state index in [1.54, 1.807) is 4.68 Å². The molecule has 2 aromatic carbocycles. The first-order valence-electron chi connectivity index (χ1n) is 9.12. The van der Waals surface area contributed by atoms with Gasteiger partial charge in [0.1, 0.15) is 11.4 Å². The van der Waals surface area contributed by atoms with Crippen molar-refractivity contribution in [2.75, 3.05) is 6.61 Å². The number of amides is 1. The molecule has 0 saturated carbocycles. The minimum absolute atomic E-state index is 0.0750. The molecule has 3 rings (SSSR count). The number of tetrazole rings is 1. The molecular formula is C20H23N5O2S. The number of ether oxygens (including phenoxy) is 1. The quantitative estimate of drug-likeness (QED) is 0.587. The Hall–Kier alpha value is -2.87. The minimum atomic E-state index is -0.366. The largest absolute Gasteiger partial charge is 0.492 e. The van der Waals surface area contributed by atoms with E-state index in [2.05, 4.69) is 20.8 Å². The molecule has 0 saturated heterocycles. The minimum Gasteiger partial charge on any atom is -0.492 e. The van der Waals surface area contributed by atoms with E-state index in [0.29, 0.717) is 17.5 Å². The molecule has 0 spiro atoms. The molecular weight excluding hydrogens is 374 g/mol. The first-order valence-corrected chi connectivity index (χ1v) is 10.0. The molecule has 1 heterocycles. The van der Waals surface area contributed by atoms with Crippen molar-refractivity contribution < 1.29 is 9.53 Å². The summed E-state index contributed by atoms with van der Waals surface area (Å²) in [4.78, 5) is 12.6. The van der Waals surface area contributed by atoms with Crippen LogP contribution in [-0.4, -0.2) is 38.0 Å². The van der Waals surface area contributed by atoms with Gasteiger partial charge in [0.2, 0.25) is 11.1 Å². The molecule has 1 amide bonds. The van der Waals surface area contributed by atoms with Gasteiger partial charge < -0.3 is 10.1 Å². The first kappa shape index (κ1) is 19.9. The van der Waals surface area contributed by atoms with E-state index in [9.17, 15) is 4.79 Å². The van der Waals surface area contributed by atoms with Crippen LogP contribution in [0.2, 0.25) is 0 Å². The molecule has 0 fully saturated rings. The molecule has 0 aliphatic carbocycles. The summed E-state index contributed by atoms with van der Waals surface area (Å²) in [6.45, 7) is 6.27. The maximum Gasteiger partial charge on any atom is 0.233 e. The van der Waals surface area contributed by atoms with Gasteiger partial charge in [0.25, 0.3) is 0 Å². The van der Waals surface area contributed by atoms with Crippen LogP contribution in [0.1, 0.15) is 32.4 Å². The number of hydrogen-bond donors (Lipinski definition) is 1. The summed E-state index contributed by atoms with van der Waals surface area (Å²) in [6, 6.07) is 17.3. The summed E-state index contributed by atoms with van der Waals surface area (Å²) in [6.07, 6.45) is 0. The molecule has 7 nitrogen and oxygen atoms in total. The highest BCUT2D eigenvalue weighted by Crippen LogP contribution is 2.28. The van der Waals surface area contributed by atoms with Crippen LogP contribution < -0.4 is 10.1 Å². The Bertz CT molecular complexity index is 916. The number of aromatic nitrogens is 4. The Labute approximate surface area is 168 Å². The number of thioether (sulfide) groups is 1. The third kappa shape index (κ3) is 4.69. The van der Waals surface area contributed by atoms with Crippen LogP contribution in [0.4, 0.5) is 0 Å². The lowest BCUT2D eigenvalue weighted by molar-refractivity contribution is -0.120. The van der Waals surface area contributed by atoms with Gasteiger partial charge in [-0.2, -0.15) is 4.68 Å². The summed E-state index contributed by atoms with van der Waals surface area (Å²) in [5, 5.41) is 15.1. The number of benzene rings is 2. The Balaban J connectivity index is 1.71. The molecule has 1 N–H and O–H groups in total. The van der Waals surface area contributed by atoms with Crippen LogP contribution in [0.5, 0.6) is 5.75 Å². The van der Waals surface area contributed by atoms with Crippen molar-refractivity contribution in [3.05, 3.63) is 60.2 Å². The summed E-state index contributed by atoms with van der Waals surface area (Å²) >= 11 is 1.30. The van der Waals surface area contributed by atoms with Crippen LogP contribution in [-0.2, 0) is 4.79 Å². The number of para-hydroxylation sites is 2. The highest BCUT2D eigenvalue weighted by atomic mass is 32.2. The summed E-state index contributed by atoms with van der Waals surface area (Å²) < 4.78 is 7.26. The zero-order valence-electron chi connectivity index (χ0n) is 16.1. The highest BCUT2D eigenvalue weighted by molar-refractivity contribution is 8.00. The van der Waals surface area contributed by atoms with E-state index < -0.39 is 0 Å². The molecule has 28 heavy (non-hydrogen) atoms. The molecule has 1 aromatic heterocycles. The van der Waals surface area contributed by atoms with Gasteiger partial charge in [0.15, 0.2) is 0 Å². The topological polar surface area (TPSA) is 81.9 Å². The fraction of sp³-hybridized carbons (Fsp3) is 0.300. The zero-order valence-corrected chi connectivity index (χ0v) is 16.9. The molecule has 146 valence electrons. The maximum atomic E-state index is 12.6. The number of nitrogens with one attached hydrogen (secondary N) is 1. The van der Waals surface area contributed by atoms with Crippen LogP contribution in [0.15, 0.2) is 59.8 Å². The highest BCUT2D eigenvalue weighted by Gasteiger charge is 2.22. The van der Waals surface area contributed by atoms with Gasteiger partial charge in [-0.3, -0.25) is 4.79 Å². The number of carbonyl (C=O) groups excluding carboxylic acids is 1. The Morgan fingerprint density at radius 1 is 1.14 bits per heavy atom. The van der Waals surface area contributed by atoms with Crippen LogP contribution >= 0.6 is 11.8 Å². The van der Waals surface area contributed by atoms with Crippen LogP contribution in [0.3, 0.4) is 0 Å². The fourth-order valence-corrected chi connectivity index (χ4v) is 3.49. The predicted octanol–water partition coefficient (Wildman–Crippen LogP) is 3.42. The Morgan fingerprint density at radius 2 is 1.86 bits per heavy atom. The van der Waals surface area contributed by atoms with Crippen molar-refractivity contribution in [2.24, 2.45) is 0 Å². The lowest BCUT2D eigenvalue weighted by Crippen LogP contribution is -2.33. The number of rotatable bonds is 8. The summed E-state index contributed by atoms with van der Waals surface area (Å²) in [5.41, 5.74) is 1.80. The standard InChI is InChI=1S/C20H23N5O2S/c1-4-27-18-13-9-8-12-17(18)25-20(22-23-24-25)28-15(3)19(26)21-14(2)16-10-6-5-7-11-16/h5-15H,4H2,1-3H3,(H,21,26). The van der Waals surface area contributed by atoms with Gasteiger partial charge in [-0.25, -0.2) is 0 Å². The third-order valence-electron chi connectivity index (χ3n) is 4.14.